The number of hydrogen-bond acceptors (Lipinski definition) is 4. The standard InChI is InChI=1S/C20H22O4/c1-20(16-8-10-17(22-2)11-9-16)12-18(24-19(20)21)14-23-13-15-6-4-3-5-7-15/h3-11,18H,12-14H2,1-2H3. The largest absolute Gasteiger partial charge is 0.497 e. The lowest BCUT2D eigenvalue weighted by atomic mass is 9.80. The fourth-order valence-electron chi connectivity index (χ4n) is 3.03. The molecule has 0 N–H and O–H groups in total. The fraction of sp³-hybridized carbons (Fsp3) is 0.350. The molecule has 1 saturated heterocycles. The highest BCUT2D eigenvalue weighted by Crippen LogP contribution is 2.38. The van der Waals surface area contributed by atoms with Crippen LogP contribution in [0.25, 0.3) is 0 Å². The Kier molecular flexibility index (Phi) is 4.86. The third-order valence-corrected chi connectivity index (χ3v) is 4.50. The van der Waals surface area contributed by atoms with Crippen LogP contribution < -0.4 is 4.74 Å². The number of benzene rings is 2. The molecule has 0 spiro atoms. The summed E-state index contributed by atoms with van der Waals surface area (Å²) in [5.74, 6) is 0.581. The van der Waals surface area contributed by atoms with Gasteiger partial charge in [0, 0.05) is 6.42 Å². The molecule has 0 saturated carbocycles. The van der Waals surface area contributed by atoms with E-state index in [1.165, 1.54) is 0 Å². The van der Waals surface area contributed by atoms with E-state index >= 15 is 0 Å². The van der Waals surface area contributed by atoms with Crippen molar-refractivity contribution >= 4 is 5.97 Å². The van der Waals surface area contributed by atoms with Crippen molar-refractivity contribution in [2.45, 2.75) is 31.5 Å². The van der Waals surface area contributed by atoms with E-state index < -0.39 is 5.41 Å². The first-order valence-corrected chi connectivity index (χ1v) is 8.09. The average Bonchev–Trinajstić information content (AvgIpc) is 2.91. The first kappa shape index (κ1) is 16.5. The molecule has 2 atom stereocenters. The van der Waals surface area contributed by atoms with Gasteiger partial charge < -0.3 is 14.2 Å². The van der Waals surface area contributed by atoms with Crippen molar-refractivity contribution in [3.05, 3.63) is 65.7 Å². The first-order chi connectivity index (χ1) is 11.6. The van der Waals surface area contributed by atoms with E-state index in [-0.39, 0.29) is 12.1 Å². The molecule has 0 aromatic heterocycles. The second kappa shape index (κ2) is 7.05. The van der Waals surface area contributed by atoms with Gasteiger partial charge in [-0.2, -0.15) is 0 Å². The van der Waals surface area contributed by atoms with E-state index in [0.29, 0.717) is 19.6 Å². The minimum atomic E-state index is -0.632. The zero-order valence-corrected chi connectivity index (χ0v) is 14.0. The van der Waals surface area contributed by atoms with Crippen molar-refractivity contribution in [2.24, 2.45) is 0 Å². The third-order valence-electron chi connectivity index (χ3n) is 4.50. The van der Waals surface area contributed by atoms with Crippen molar-refractivity contribution in [1.29, 1.82) is 0 Å². The highest BCUT2D eigenvalue weighted by atomic mass is 16.6. The summed E-state index contributed by atoms with van der Waals surface area (Å²) in [6, 6.07) is 17.6. The van der Waals surface area contributed by atoms with Crippen LogP contribution >= 0.6 is 0 Å². The zero-order valence-electron chi connectivity index (χ0n) is 14.0. The predicted octanol–water partition coefficient (Wildman–Crippen LogP) is 3.49. The van der Waals surface area contributed by atoms with Crippen LogP contribution in [0.5, 0.6) is 5.75 Å². The quantitative estimate of drug-likeness (QED) is 0.762. The summed E-state index contributed by atoms with van der Waals surface area (Å²) < 4.78 is 16.4. The van der Waals surface area contributed by atoms with Gasteiger partial charge in [0.15, 0.2) is 0 Å². The molecule has 0 amide bonds. The van der Waals surface area contributed by atoms with Crippen LogP contribution in [0.3, 0.4) is 0 Å². The van der Waals surface area contributed by atoms with Crippen molar-refractivity contribution in [1.82, 2.24) is 0 Å². The summed E-state index contributed by atoms with van der Waals surface area (Å²) in [6.45, 7) is 2.86. The second-order valence-electron chi connectivity index (χ2n) is 6.29. The number of rotatable bonds is 6. The average molecular weight is 326 g/mol. The number of hydrogen-bond donors (Lipinski definition) is 0. The third kappa shape index (κ3) is 3.44. The van der Waals surface area contributed by atoms with Gasteiger partial charge in [-0.05, 0) is 30.2 Å². The maximum Gasteiger partial charge on any atom is 0.316 e. The zero-order chi connectivity index (χ0) is 17.0. The number of carbonyl (C=O) groups is 1. The minimum absolute atomic E-state index is 0.194. The number of esters is 1. The Balaban J connectivity index is 1.60. The molecule has 2 aromatic carbocycles. The number of cyclic esters (lactones) is 1. The number of carbonyl (C=O) groups excluding carboxylic acids is 1. The first-order valence-electron chi connectivity index (χ1n) is 8.09. The summed E-state index contributed by atoms with van der Waals surface area (Å²) in [7, 11) is 1.63. The van der Waals surface area contributed by atoms with Crippen LogP contribution in [-0.2, 0) is 26.3 Å². The normalized spacial score (nSPS) is 23.1. The molecule has 1 aliphatic heterocycles. The summed E-state index contributed by atoms with van der Waals surface area (Å²) in [4.78, 5) is 12.4. The molecular formula is C20H22O4. The smallest absolute Gasteiger partial charge is 0.316 e. The highest BCUT2D eigenvalue weighted by Gasteiger charge is 2.46. The fourth-order valence-corrected chi connectivity index (χ4v) is 3.03. The number of methoxy groups -OCH3 is 1. The highest BCUT2D eigenvalue weighted by molar-refractivity contribution is 5.84. The van der Waals surface area contributed by atoms with Crippen LogP contribution in [-0.4, -0.2) is 25.8 Å². The molecule has 1 heterocycles. The Morgan fingerprint density at radius 2 is 1.83 bits per heavy atom. The summed E-state index contributed by atoms with van der Waals surface area (Å²) >= 11 is 0. The van der Waals surface area contributed by atoms with Gasteiger partial charge in [-0.15, -0.1) is 0 Å². The van der Waals surface area contributed by atoms with E-state index in [1.54, 1.807) is 7.11 Å². The van der Waals surface area contributed by atoms with Crippen molar-refractivity contribution in [3.63, 3.8) is 0 Å². The molecule has 4 heteroatoms. The van der Waals surface area contributed by atoms with Crippen molar-refractivity contribution in [2.75, 3.05) is 13.7 Å². The molecule has 0 radical (unpaired) electrons. The SMILES string of the molecule is COc1ccc(C2(C)CC(COCc3ccccc3)OC2=O)cc1. The Bertz CT molecular complexity index is 681. The molecule has 24 heavy (non-hydrogen) atoms. The maximum atomic E-state index is 12.4. The van der Waals surface area contributed by atoms with E-state index in [9.17, 15) is 4.79 Å². The molecule has 0 aliphatic carbocycles. The van der Waals surface area contributed by atoms with Crippen LogP contribution in [0, 0.1) is 0 Å². The van der Waals surface area contributed by atoms with E-state index in [4.69, 9.17) is 14.2 Å². The molecule has 3 rings (SSSR count). The van der Waals surface area contributed by atoms with Crippen LogP contribution in [0.1, 0.15) is 24.5 Å². The summed E-state index contributed by atoms with van der Waals surface area (Å²) in [5, 5.41) is 0. The van der Waals surface area contributed by atoms with Gasteiger partial charge in [-0.1, -0.05) is 42.5 Å². The number of ether oxygens (including phenoxy) is 3. The van der Waals surface area contributed by atoms with Crippen LogP contribution in [0.4, 0.5) is 0 Å². The molecule has 126 valence electrons. The van der Waals surface area contributed by atoms with Gasteiger partial charge in [0.25, 0.3) is 0 Å². The lowest BCUT2D eigenvalue weighted by Gasteiger charge is -2.19. The lowest BCUT2D eigenvalue weighted by Crippen LogP contribution is -2.27. The Labute approximate surface area is 142 Å². The Morgan fingerprint density at radius 3 is 2.50 bits per heavy atom. The van der Waals surface area contributed by atoms with Crippen LogP contribution in [0.2, 0.25) is 0 Å². The monoisotopic (exact) mass is 326 g/mol. The van der Waals surface area contributed by atoms with Gasteiger partial charge in [-0.25, -0.2) is 0 Å². The molecule has 2 aromatic rings. The molecule has 0 bridgehead atoms. The van der Waals surface area contributed by atoms with Gasteiger partial charge >= 0.3 is 5.97 Å². The van der Waals surface area contributed by atoms with Gasteiger partial charge in [0.05, 0.1) is 25.7 Å². The molecule has 1 aliphatic rings. The topological polar surface area (TPSA) is 44.8 Å². The van der Waals surface area contributed by atoms with E-state index in [1.807, 2.05) is 61.5 Å². The summed E-state index contributed by atoms with van der Waals surface area (Å²) in [5.41, 5.74) is 1.42. The van der Waals surface area contributed by atoms with Gasteiger partial charge in [0.1, 0.15) is 11.9 Å². The van der Waals surface area contributed by atoms with E-state index in [2.05, 4.69) is 0 Å². The Morgan fingerprint density at radius 1 is 1.12 bits per heavy atom. The maximum absolute atomic E-state index is 12.4. The second-order valence-corrected chi connectivity index (χ2v) is 6.29. The lowest BCUT2D eigenvalue weighted by molar-refractivity contribution is -0.147. The molecule has 1 fully saturated rings. The molecular weight excluding hydrogens is 304 g/mol. The van der Waals surface area contributed by atoms with Crippen molar-refractivity contribution in [3.8, 4) is 5.75 Å². The minimum Gasteiger partial charge on any atom is -0.497 e. The van der Waals surface area contributed by atoms with Crippen LogP contribution in [0.15, 0.2) is 54.6 Å². The summed E-state index contributed by atoms with van der Waals surface area (Å²) in [6.07, 6.45) is 0.403. The molecule has 4 nitrogen and oxygen atoms in total. The van der Waals surface area contributed by atoms with Gasteiger partial charge in [0.2, 0.25) is 0 Å². The van der Waals surface area contributed by atoms with Crippen molar-refractivity contribution < 1.29 is 19.0 Å². The predicted molar refractivity (Wildman–Crippen MR) is 90.9 cm³/mol. The molecule has 2 unspecified atom stereocenters. The van der Waals surface area contributed by atoms with E-state index in [0.717, 1.165) is 16.9 Å². The van der Waals surface area contributed by atoms with Gasteiger partial charge in [-0.3, -0.25) is 4.79 Å². The Hall–Kier alpha value is -2.33.